The fraction of sp³-hybridized carbons (Fsp3) is 0.375. The maximum atomic E-state index is 12.0. The highest BCUT2D eigenvalue weighted by Gasteiger charge is 2.10. The second kappa shape index (κ2) is 6.54. The number of aromatic hydroxyl groups is 1. The van der Waals surface area contributed by atoms with Gasteiger partial charge in [-0.05, 0) is 38.0 Å². The van der Waals surface area contributed by atoms with Gasteiger partial charge in [-0.15, -0.1) is 0 Å². The molecule has 1 aromatic heterocycles. The zero-order chi connectivity index (χ0) is 15.4. The molecule has 0 amide bonds. The standard InChI is InChI=1S/C16H21N3O2/c1-4-12(3)17-10-14-15(20)9-16(21)19(18-14)13-7-5-6-11(2)8-13/h5-9,12,17,20H,4,10H2,1-3H3. The Kier molecular flexibility index (Phi) is 4.75. The molecule has 0 radical (unpaired) electrons. The zero-order valence-corrected chi connectivity index (χ0v) is 12.6. The smallest absolute Gasteiger partial charge is 0.275 e. The van der Waals surface area contributed by atoms with Crippen molar-refractivity contribution in [3.63, 3.8) is 0 Å². The van der Waals surface area contributed by atoms with E-state index in [0.29, 0.717) is 24.0 Å². The number of benzene rings is 1. The van der Waals surface area contributed by atoms with E-state index in [9.17, 15) is 9.90 Å². The van der Waals surface area contributed by atoms with Crippen molar-refractivity contribution in [2.24, 2.45) is 0 Å². The van der Waals surface area contributed by atoms with Crippen LogP contribution in [0.15, 0.2) is 35.1 Å². The van der Waals surface area contributed by atoms with Crippen LogP contribution in [0, 0.1) is 6.92 Å². The summed E-state index contributed by atoms with van der Waals surface area (Å²) in [5.74, 6) is -0.0697. The van der Waals surface area contributed by atoms with E-state index in [2.05, 4.69) is 24.3 Å². The highest BCUT2D eigenvalue weighted by atomic mass is 16.3. The average molecular weight is 287 g/mol. The van der Waals surface area contributed by atoms with Crippen LogP contribution in [0.25, 0.3) is 5.69 Å². The molecule has 0 spiro atoms. The number of nitrogens with zero attached hydrogens (tertiary/aromatic N) is 2. The van der Waals surface area contributed by atoms with Crippen molar-refractivity contribution in [3.8, 4) is 11.4 Å². The van der Waals surface area contributed by atoms with Gasteiger partial charge in [0.2, 0.25) is 0 Å². The Balaban J connectivity index is 2.37. The minimum absolute atomic E-state index is 0.0697. The molecule has 2 N–H and O–H groups in total. The number of hydrogen-bond donors (Lipinski definition) is 2. The van der Waals surface area contributed by atoms with Gasteiger partial charge in [-0.25, -0.2) is 0 Å². The van der Waals surface area contributed by atoms with Crippen molar-refractivity contribution in [2.45, 2.75) is 39.8 Å². The second-order valence-electron chi connectivity index (χ2n) is 5.26. The summed E-state index contributed by atoms with van der Waals surface area (Å²) in [4.78, 5) is 12.0. The molecule has 1 aromatic carbocycles. The molecule has 0 saturated heterocycles. The van der Waals surface area contributed by atoms with Gasteiger partial charge in [0.05, 0.1) is 5.69 Å². The predicted octanol–water partition coefficient (Wildman–Crippen LogP) is 2.13. The number of hydrogen-bond acceptors (Lipinski definition) is 4. The monoisotopic (exact) mass is 287 g/mol. The maximum absolute atomic E-state index is 12.0. The van der Waals surface area contributed by atoms with Crippen molar-refractivity contribution in [2.75, 3.05) is 0 Å². The number of nitrogens with one attached hydrogen (secondary N) is 1. The normalized spacial score (nSPS) is 12.3. The molecule has 5 nitrogen and oxygen atoms in total. The van der Waals surface area contributed by atoms with Gasteiger partial charge in [-0.2, -0.15) is 9.78 Å². The molecule has 1 unspecified atom stereocenters. The highest BCUT2D eigenvalue weighted by Crippen LogP contribution is 2.13. The summed E-state index contributed by atoms with van der Waals surface area (Å²) < 4.78 is 1.32. The minimum atomic E-state index is -0.342. The number of aryl methyl sites for hydroxylation is 1. The molecule has 2 aromatic rings. The number of rotatable bonds is 5. The highest BCUT2D eigenvalue weighted by molar-refractivity contribution is 5.36. The van der Waals surface area contributed by atoms with Crippen LogP contribution >= 0.6 is 0 Å². The first-order valence-electron chi connectivity index (χ1n) is 7.14. The third-order valence-corrected chi connectivity index (χ3v) is 3.46. The van der Waals surface area contributed by atoms with Crippen LogP contribution in [-0.2, 0) is 6.54 Å². The lowest BCUT2D eigenvalue weighted by atomic mass is 10.2. The van der Waals surface area contributed by atoms with Gasteiger partial charge in [0.1, 0.15) is 11.4 Å². The van der Waals surface area contributed by atoms with Crippen molar-refractivity contribution < 1.29 is 5.11 Å². The Morgan fingerprint density at radius 2 is 2.14 bits per heavy atom. The molecule has 0 bridgehead atoms. The van der Waals surface area contributed by atoms with Crippen LogP contribution in [0.2, 0.25) is 0 Å². The fourth-order valence-electron chi connectivity index (χ4n) is 1.97. The molecule has 0 aliphatic heterocycles. The lowest BCUT2D eigenvalue weighted by Gasteiger charge is -2.13. The van der Waals surface area contributed by atoms with E-state index in [1.807, 2.05) is 31.2 Å². The Bertz CT molecular complexity index is 679. The predicted molar refractivity (Wildman–Crippen MR) is 82.8 cm³/mol. The summed E-state index contributed by atoms with van der Waals surface area (Å²) in [7, 11) is 0. The van der Waals surface area contributed by atoms with E-state index < -0.39 is 0 Å². The summed E-state index contributed by atoms with van der Waals surface area (Å²) in [6.07, 6.45) is 0.984. The van der Waals surface area contributed by atoms with E-state index in [0.717, 1.165) is 12.0 Å². The van der Waals surface area contributed by atoms with Crippen LogP contribution in [0.5, 0.6) is 5.75 Å². The molecule has 0 aliphatic rings. The molecule has 112 valence electrons. The lowest BCUT2D eigenvalue weighted by Crippen LogP contribution is -2.28. The summed E-state index contributed by atoms with van der Waals surface area (Å²) in [6.45, 7) is 6.53. The van der Waals surface area contributed by atoms with Crippen LogP contribution in [-0.4, -0.2) is 20.9 Å². The van der Waals surface area contributed by atoms with Crippen LogP contribution in [0.3, 0.4) is 0 Å². The van der Waals surface area contributed by atoms with E-state index in [4.69, 9.17) is 0 Å². The van der Waals surface area contributed by atoms with Crippen molar-refractivity contribution in [1.29, 1.82) is 0 Å². The molecule has 5 heteroatoms. The molecular formula is C16H21N3O2. The van der Waals surface area contributed by atoms with Crippen molar-refractivity contribution in [3.05, 3.63) is 51.9 Å². The molecule has 0 fully saturated rings. The van der Waals surface area contributed by atoms with E-state index in [1.54, 1.807) is 0 Å². The van der Waals surface area contributed by atoms with E-state index in [1.165, 1.54) is 10.7 Å². The molecule has 2 rings (SSSR count). The Hall–Kier alpha value is -2.14. The SMILES string of the molecule is CCC(C)NCc1nn(-c2cccc(C)c2)c(=O)cc1O. The van der Waals surface area contributed by atoms with Gasteiger partial charge in [-0.3, -0.25) is 4.79 Å². The molecule has 1 heterocycles. The Morgan fingerprint density at radius 3 is 2.81 bits per heavy atom. The van der Waals surface area contributed by atoms with Gasteiger partial charge < -0.3 is 10.4 Å². The summed E-state index contributed by atoms with van der Waals surface area (Å²) in [5.41, 5.74) is 1.88. The second-order valence-corrected chi connectivity index (χ2v) is 5.26. The van der Waals surface area contributed by atoms with Crippen LogP contribution < -0.4 is 10.9 Å². The summed E-state index contributed by atoms with van der Waals surface area (Å²) >= 11 is 0. The molecule has 0 aliphatic carbocycles. The van der Waals surface area contributed by atoms with Gasteiger partial charge >= 0.3 is 0 Å². The first-order chi connectivity index (χ1) is 10.0. The Morgan fingerprint density at radius 1 is 1.38 bits per heavy atom. The molecular weight excluding hydrogens is 266 g/mol. The third-order valence-electron chi connectivity index (χ3n) is 3.46. The average Bonchev–Trinajstić information content (AvgIpc) is 2.46. The lowest BCUT2D eigenvalue weighted by molar-refractivity contribution is 0.443. The third kappa shape index (κ3) is 3.70. The number of aromatic nitrogens is 2. The van der Waals surface area contributed by atoms with Gasteiger partial charge in [0.15, 0.2) is 0 Å². The first-order valence-corrected chi connectivity index (χ1v) is 7.14. The van der Waals surface area contributed by atoms with Gasteiger partial charge in [0, 0.05) is 18.7 Å². The van der Waals surface area contributed by atoms with Crippen LogP contribution in [0.4, 0.5) is 0 Å². The van der Waals surface area contributed by atoms with Gasteiger partial charge in [0.25, 0.3) is 5.56 Å². The van der Waals surface area contributed by atoms with Crippen molar-refractivity contribution in [1.82, 2.24) is 15.1 Å². The van der Waals surface area contributed by atoms with E-state index in [-0.39, 0.29) is 11.3 Å². The largest absolute Gasteiger partial charge is 0.506 e. The first kappa shape index (κ1) is 15.3. The molecule has 21 heavy (non-hydrogen) atoms. The zero-order valence-electron chi connectivity index (χ0n) is 12.6. The topological polar surface area (TPSA) is 67.2 Å². The van der Waals surface area contributed by atoms with Crippen LogP contribution in [0.1, 0.15) is 31.5 Å². The van der Waals surface area contributed by atoms with Crippen molar-refractivity contribution >= 4 is 0 Å². The Labute approximate surface area is 124 Å². The minimum Gasteiger partial charge on any atom is -0.506 e. The maximum Gasteiger partial charge on any atom is 0.275 e. The molecule has 0 saturated carbocycles. The van der Waals surface area contributed by atoms with Gasteiger partial charge in [-0.1, -0.05) is 19.1 Å². The van der Waals surface area contributed by atoms with E-state index >= 15 is 0 Å². The summed E-state index contributed by atoms with van der Waals surface area (Å²) in [5, 5.41) is 17.4. The fourth-order valence-corrected chi connectivity index (χ4v) is 1.97. The molecule has 1 atom stereocenters. The quantitative estimate of drug-likeness (QED) is 0.884. The summed E-state index contributed by atoms with van der Waals surface area (Å²) in [6, 6.07) is 9.08.